The zero-order chi connectivity index (χ0) is 17.2. The number of para-hydroxylation sites is 2. The average Bonchev–Trinajstić information content (AvgIpc) is 3.07. The second kappa shape index (κ2) is 6.76. The van der Waals surface area contributed by atoms with Gasteiger partial charge in [-0.15, -0.1) is 0 Å². The largest absolute Gasteiger partial charge is 0.493 e. The summed E-state index contributed by atoms with van der Waals surface area (Å²) in [6.07, 6.45) is 2.22. The molecule has 5 heteroatoms. The highest BCUT2D eigenvalue weighted by atomic mass is 16.5. The molecule has 4 rings (SSSR count). The van der Waals surface area contributed by atoms with Crippen molar-refractivity contribution in [2.45, 2.75) is 18.9 Å². The summed E-state index contributed by atoms with van der Waals surface area (Å²) in [5.41, 5.74) is 3.28. The molecule has 0 amide bonds. The van der Waals surface area contributed by atoms with Crippen LogP contribution in [0.5, 0.6) is 11.5 Å². The molecule has 130 valence electrons. The smallest absolute Gasteiger partial charge is 0.161 e. The van der Waals surface area contributed by atoms with E-state index in [9.17, 15) is 0 Å². The van der Waals surface area contributed by atoms with Crippen LogP contribution in [0.4, 0.5) is 0 Å². The van der Waals surface area contributed by atoms with Gasteiger partial charge in [0, 0.05) is 11.6 Å². The van der Waals surface area contributed by atoms with Gasteiger partial charge in [-0.1, -0.05) is 12.1 Å². The molecule has 25 heavy (non-hydrogen) atoms. The fourth-order valence-electron chi connectivity index (χ4n) is 3.66. The molecule has 3 aromatic rings. The lowest BCUT2D eigenvalue weighted by molar-refractivity contribution is 0.355. The molecule has 1 fully saturated rings. The van der Waals surface area contributed by atoms with E-state index in [4.69, 9.17) is 14.5 Å². The second-order valence-corrected chi connectivity index (χ2v) is 6.35. The summed E-state index contributed by atoms with van der Waals surface area (Å²) >= 11 is 0. The Morgan fingerprint density at radius 1 is 1.00 bits per heavy atom. The fourth-order valence-corrected chi connectivity index (χ4v) is 3.66. The molecule has 0 aliphatic carbocycles. The van der Waals surface area contributed by atoms with Crippen LogP contribution in [0.25, 0.3) is 22.4 Å². The highest BCUT2D eigenvalue weighted by molar-refractivity contribution is 5.81. The van der Waals surface area contributed by atoms with E-state index in [1.54, 1.807) is 14.2 Å². The first-order chi connectivity index (χ1) is 12.3. The Morgan fingerprint density at radius 3 is 2.52 bits per heavy atom. The highest BCUT2D eigenvalue weighted by Gasteiger charge is 2.22. The Morgan fingerprint density at radius 2 is 1.76 bits per heavy atom. The molecule has 1 saturated heterocycles. The van der Waals surface area contributed by atoms with E-state index in [1.807, 2.05) is 18.2 Å². The van der Waals surface area contributed by atoms with Crippen molar-refractivity contribution >= 4 is 11.0 Å². The van der Waals surface area contributed by atoms with Gasteiger partial charge in [0.25, 0.3) is 0 Å². The van der Waals surface area contributed by atoms with Crippen molar-refractivity contribution in [1.29, 1.82) is 0 Å². The molecule has 0 atom stereocenters. The Hall–Kier alpha value is -2.53. The third kappa shape index (κ3) is 2.85. The molecule has 1 aliphatic rings. The molecule has 0 bridgehead atoms. The Labute approximate surface area is 147 Å². The first kappa shape index (κ1) is 16.0. The molecule has 1 aromatic heterocycles. The molecule has 1 N–H and O–H groups in total. The number of piperidine rings is 1. The topological polar surface area (TPSA) is 48.3 Å². The molecule has 2 heterocycles. The lowest BCUT2D eigenvalue weighted by atomic mass is 10.1. The van der Waals surface area contributed by atoms with Gasteiger partial charge < -0.3 is 19.4 Å². The van der Waals surface area contributed by atoms with Gasteiger partial charge in [-0.05, 0) is 56.3 Å². The quantitative estimate of drug-likeness (QED) is 0.789. The number of nitrogens with zero attached hydrogens (tertiary/aromatic N) is 2. The minimum atomic E-state index is 0.455. The third-order valence-electron chi connectivity index (χ3n) is 4.91. The zero-order valence-electron chi connectivity index (χ0n) is 14.7. The predicted octanol–water partition coefficient (Wildman–Crippen LogP) is 3.65. The van der Waals surface area contributed by atoms with Crippen LogP contribution in [-0.4, -0.2) is 36.9 Å². The van der Waals surface area contributed by atoms with Crippen LogP contribution < -0.4 is 14.8 Å². The van der Waals surface area contributed by atoms with Crippen molar-refractivity contribution in [2.24, 2.45) is 0 Å². The average molecular weight is 337 g/mol. The van der Waals surface area contributed by atoms with Crippen molar-refractivity contribution in [3.63, 3.8) is 0 Å². The first-order valence-corrected chi connectivity index (χ1v) is 8.72. The summed E-state index contributed by atoms with van der Waals surface area (Å²) in [6, 6.07) is 14.8. The SMILES string of the molecule is COc1ccc(-c2nc3ccccc3n2C2CCNCC2)cc1OC. The van der Waals surface area contributed by atoms with Gasteiger partial charge in [0.1, 0.15) is 5.82 Å². The Kier molecular flexibility index (Phi) is 4.32. The van der Waals surface area contributed by atoms with Crippen LogP contribution in [-0.2, 0) is 0 Å². The van der Waals surface area contributed by atoms with E-state index < -0.39 is 0 Å². The summed E-state index contributed by atoms with van der Waals surface area (Å²) in [5, 5.41) is 3.45. The number of rotatable bonds is 4. The Bertz CT molecular complexity index is 882. The molecule has 0 spiro atoms. The van der Waals surface area contributed by atoms with E-state index in [-0.39, 0.29) is 0 Å². The minimum Gasteiger partial charge on any atom is -0.493 e. The normalized spacial score (nSPS) is 15.4. The number of methoxy groups -OCH3 is 2. The summed E-state index contributed by atoms with van der Waals surface area (Å²) in [5.74, 6) is 2.45. The molecule has 0 unspecified atom stereocenters. The molecular weight excluding hydrogens is 314 g/mol. The van der Waals surface area contributed by atoms with E-state index >= 15 is 0 Å². The minimum absolute atomic E-state index is 0.455. The number of ether oxygens (including phenoxy) is 2. The third-order valence-corrected chi connectivity index (χ3v) is 4.91. The van der Waals surface area contributed by atoms with E-state index in [2.05, 4.69) is 34.1 Å². The number of imidazole rings is 1. The molecule has 0 radical (unpaired) electrons. The lowest BCUT2D eigenvalue weighted by Gasteiger charge is -2.26. The van der Waals surface area contributed by atoms with Crippen molar-refractivity contribution < 1.29 is 9.47 Å². The van der Waals surface area contributed by atoms with Gasteiger partial charge in [0.15, 0.2) is 11.5 Å². The van der Waals surface area contributed by atoms with Gasteiger partial charge in [-0.2, -0.15) is 0 Å². The number of fused-ring (bicyclic) bond motifs is 1. The summed E-state index contributed by atoms with van der Waals surface area (Å²) in [6.45, 7) is 2.09. The molecule has 5 nitrogen and oxygen atoms in total. The van der Waals surface area contributed by atoms with Crippen molar-refractivity contribution in [3.05, 3.63) is 42.5 Å². The number of hydrogen-bond donors (Lipinski definition) is 1. The maximum absolute atomic E-state index is 5.49. The lowest BCUT2D eigenvalue weighted by Crippen LogP contribution is -2.29. The number of aromatic nitrogens is 2. The summed E-state index contributed by atoms with van der Waals surface area (Å²) in [7, 11) is 3.32. The van der Waals surface area contributed by atoms with Gasteiger partial charge >= 0.3 is 0 Å². The van der Waals surface area contributed by atoms with Crippen LogP contribution in [0, 0.1) is 0 Å². The summed E-state index contributed by atoms with van der Waals surface area (Å²) < 4.78 is 13.3. The van der Waals surface area contributed by atoms with Gasteiger partial charge in [-0.25, -0.2) is 4.98 Å². The highest BCUT2D eigenvalue weighted by Crippen LogP contribution is 2.36. The van der Waals surface area contributed by atoms with Gasteiger partial charge in [0.2, 0.25) is 0 Å². The predicted molar refractivity (Wildman–Crippen MR) is 99.4 cm³/mol. The van der Waals surface area contributed by atoms with Gasteiger partial charge in [-0.3, -0.25) is 0 Å². The standard InChI is InChI=1S/C20H23N3O2/c1-24-18-8-7-14(13-19(18)25-2)20-22-16-5-3-4-6-17(16)23(20)15-9-11-21-12-10-15/h3-8,13,15,21H,9-12H2,1-2H3. The maximum atomic E-state index is 5.49. The zero-order valence-corrected chi connectivity index (χ0v) is 14.7. The summed E-state index contributed by atoms with van der Waals surface area (Å²) in [4.78, 5) is 4.94. The van der Waals surface area contributed by atoms with Crippen LogP contribution in [0.1, 0.15) is 18.9 Å². The number of nitrogens with one attached hydrogen (secondary N) is 1. The van der Waals surface area contributed by atoms with Crippen molar-refractivity contribution in [2.75, 3.05) is 27.3 Å². The molecular formula is C20H23N3O2. The Balaban J connectivity index is 1.89. The number of benzene rings is 2. The molecule has 1 aliphatic heterocycles. The van der Waals surface area contributed by atoms with E-state index in [1.165, 1.54) is 5.52 Å². The monoisotopic (exact) mass is 337 g/mol. The van der Waals surface area contributed by atoms with E-state index in [0.29, 0.717) is 6.04 Å². The number of hydrogen-bond acceptors (Lipinski definition) is 4. The second-order valence-electron chi connectivity index (χ2n) is 6.35. The van der Waals surface area contributed by atoms with Crippen LogP contribution in [0.2, 0.25) is 0 Å². The van der Waals surface area contributed by atoms with Crippen molar-refractivity contribution in [1.82, 2.24) is 14.9 Å². The van der Waals surface area contributed by atoms with Crippen molar-refractivity contribution in [3.8, 4) is 22.9 Å². The van der Waals surface area contributed by atoms with E-state index in [0.717, 1.165) is 54.3 Å². The fraction of sp³-hybridized carbons (Fsp3) is 0.350. The van der Waals surface area contributed by atoms with Gasteiger partial charge in [0.05, 0.1) is 25.3 Å². The van der Waals surface area contributed by atoms with Crippen LogP contribution >= 0.6 is 0 Å². The van der Waals surface area contributed by atoms with Crippen LogP contribution in [0.3, 0.4) is 0 Å². The van der Waals surface area contributed by atoms with Crippen LogP contribution in [0.15, 0.2) is 42.5 Å². The first-order valence-electron chi connectivity index (χ1n) is 8.72. The maximum Gasteiger partial charge on any atom is 0.161 e. The molecule has 0 saturated carbocycles. The molecule has 2 aromatic carbocycles.